The van der Waals surface area contributed by atoms with Crippen LogP contribution in [0.4, 0.5) is 18.9 Å². The smallest absolute Gasteiger partial charge is 0.382 e. The van der Waals surface area contributed by atoms with Gasteiger partial charge in [-0.1, -0.05) is 11.6 Å². The van der Waals surface area contributed by atoms with Gasteiger partial charge in [-0.2, -0.15) is 13.2 Å². The molecule has 1 amide bonds. The van der Waals surface area contributed by atoms with E-state index in [1.54, 1.807) is 0 Å². The third kappa shape index (κ3) is 4.07. The molecule has 0 saturated heterocycles. The van der Waals surface area contributed by atoms with E-state index in [-0.39, 0.29) is 10.6 Å². The predicted molar refractivity (Wildman–Crippen MR) is 62.5 cm³/mol. The minimum absolute atomic E-state index is 0.207. The van der Waals surface area contributed by atoms with Crippen LogP contribution in [0, 0.1) is 10.1 Å². The molecule has 0 heterocycles. The lowest BCUT2D eigenvalue weighted by molar-refractivity contribution is -0.384. The topological polar surface area (TPSA) is 92.5 Å². The quantitative estimate of drug-likeness (QED) is 0.656. The number of hydrogen-bond donors (Lipinski definition) is 2. The molecule has 0 spiro atoms. The van der Waals surface area contributed by atoms with Crippen molar-refractivity contribution in [2.45, 2.75) is 12.3 Å². The maximum atomic E-state index is 12.0. The first-order valence-corrected chi connectivity index (χ1v) is 5.47. The highest BCUT2D eigenvalue weighted by Crippen LogP contribution is 2.25. The second-order valence-corrected chi connectivity index (χ2v) is 4.10. The van der Waals surface area contributed by atoms with E-state index in [1.165, 1.54) is 0 Å². The van der Waals surface area contributed by atoms with Crippen LogP contribution in [0.15, 0.2) is 18.2 Å². The van der Waals surface area contributed by atoms with Gasteiger partial charge in [-0.25, -0.2) is 0 Å². The standard InChI is InChI=1S/C10H8ClF3N2O4/c11-6-2-1-5(3-7(6)16(19)20)9(18)15-4-8(17)10(12,13)14/h1-3,8,17H,4H2,(H,15,18). The van der Waals surface area contributed by atoms with Crippen LogP contribution in [0.5, 0.6) is 0 Å². The molecule has 20 heavy (non-hydrogen) atoms. The highest BCUT2D eigenvalue weighted by Gasteiger charge is 2.38. The first-order chi connectivity index (χ1) is 9.12. The Balaban J connectivity index is 2.79. The number of nitro benzene ring substituents is 1. The van der Waals surface area contributed by atoms with Gasteiger partial charge in [0.05, 0.1) is 11.5 Å². The van der Waals surface area contributed by atoms with Gasteiger partial charge in [0.1, 0.15) is 5.02 Å². The van der Waals surface area contributed by atoms with Crippen molar-refractivity contribution in [2.24, 2.45) is 0 Å². The van der Waals surface area contributed by atoms with Gasteiger partial charge in [0.15, 0.2) is 6.10 Å². The SMILES string of the molecule is O=C(NCC(O)C(F)(F)F)c1ccc(Cl)c([N+](=O)[O-])c1. The summed E-state index contributed by atoms with van der Waals surface area (Å²) in [6.07, 6.45) is -7.58. The Morgan fingerprint density at radius 1 is 1.50 bits per heavy atom. The number of nitrogens with zero attached hydrogens (tertiary/aromatic N) is 1. The number of carbonyl (C=O) groups is 1. The number of alkyl halides is 3. The largest absolute Gasteiger partial charge is 0.416 e. The van der Waals surface area contributed by atoms with Crippen LogP contribution >= 0.6 is 11.6 Å². The van der Waals surface area contributed by atoms with E-state index in [9.17, 15) is 28.1 Å². The summed E-state index contributed by atoms with van der Waals surface area (Å²) >= 11 is 5.52. The summed E-state index contributed by atoms with van der Waals surface area (Å²) in [5.74, 6) is -0.993. The van der Waals surface area contributed by atoms with E-state index in [1.807, 2.05) is 5.32 Å². The van der Waals surface area contributed by atoms with Gasteiger partial charge in [-0.05, 0) is 12.1 Å². The Hall–Kier alpha value is -1.87. The zero-order valence-electron chi connectivity index (χ0n) is 9.65. The molecule has 1 aromatic rings. The molecule has 0 aliphatic rings. The number of nitro groups is 1. The molecule has 1 atom stereocenters. The van der Waals surface area contributed by atoms with E-state index < -0.39 is 35.3 Å². The molecule has 0 bridgehead atoms. The molecule has 0 aliphatic heterocycles. The summed E-state index contributed by atoms with van der Waals surface area (Å²) in [5, 5.41) is 20.9. The van der Waals surface area contributed by atoms with E-state index in [2.05, 4.69) is 0 Å². The van der Waals surface area contributed by atoms with Crippen LogP contribution in [-0.2, 0) is 0 Å². The summed E-state index contributed by atoms with van der Waals surface area (Å²) in [6, 6.07) is 3.02. The molecule has 0 fully saturated rings. The fourth-order valence-corrected chi connectivity index (χ4v) is 1.39. The lowest BCUT2D eigenvalue weighted by Crippen LogP contribution is -2.40. The molecule has 2 N–H and O–H groups in total. The van der Waals surface area contributed by atoms with Crippen molar-refractivity contribution < 1.29 is 28.0 Å². The molecule has 0 aromatic heterocycles. The van der Waals surface area contributed by atoms with Gasteiger partial charge in [-0.15, -0.1) is 0 Å². The minimum atomic E-state index is -4.86. The van der Waals surface area contributed by atoms with Crippen molar-refractivity contribution in [2.75, 3.05) is 6.54 Å². The third-order valence-corrected chi connectivity index (χ3v) is 2.56. The summed E-state index contributed by atoms with van der Waals surface area (Å²) in [4.78, 5) is 21.3. The Kier molecular flexibility index (Phi) is 4.90. The lowest BCUT2D eigenvalue weighted by Gasteiger charge is -2.14. The number of hydrogen-bond acceptors (Lipinski definition) is 4. The third-order valence-electron chi connectivity index (χ3n) is 2.24. The Morgan fingerprint density at radius 2 is 2.10 bits per heavy atom. The van der Waals surface area contributed by atoms with Crippen LogP contribution in [-0.4, -0.2) is 34.8 Å². The molecule has 1 rings (SSSR count). The van der Waals surface area contributed by atoms with Gasteiger partial charge in [0, 0.05) is 11.6 Å². The number of rotatable bonds is 4. The van der Waals surface area contributed by atoms with Crippen molar-refractivity contribution in [3.05, 3.63) is 38.9 Å². The van der Waals surface area contributed by atoms with E-state index >= 15 is 0 Å². The second-order valence-electron chi connectivity index (χ2n) is 3.69. The molecule has 0 radical (unpaired) electrons. The maximum absolute atomic E-state index is 12.0. The van der Waals surface area contributed by atoms with Gasteiger partial charge in [0.25, 0.3) is 11.6 Å². The maximum Gasteiger partial charge on any atom is 0.416 e. The van der Waals surface area contributed by atoms with Crippen molar-refractivity contribution in [3.63, 3.8) is 0 Å². The van der Waals surface area contributed by atoms with Crippen LogP contribution in [0.3, 0.4) is 0 Å². The average Bonchev–Trinajstić information content (AvgIpc) is 2.34. The molecule has 10 heteroatoms. The molecule has 110 valence electrons. The zero-order chi connectivity index (χ0) is 15.5. The number of nitrogens with one attached hydrogen (secondary N) is 1. The van der Waals surface area contributed by atoms with Crippen molar-refractivity contribution in [3.8, 4) is 0 Å². The van der Waals surface area contributed by atoms with E-state index in [0.717, 1.165) is 18.2 Å². The van der Waals surface area contributed by atoms with Gasteiger partial charge >= 0.3 is 6.18 Å². The van der Waals surface area contributed by atoms with Crippen molar-refractivity contribution >= 4 is 23.2 Å². The fourth-order valence-electron chi connectivity index (χ4n) is 1.20. The van der Waals surface area contributed by atoms with Gasteiger partial charge in [-0.3, -0.25) is 14.9 Å². The number of aliphatic hydroxyl groups is 1. The molecule has 0 aliphatic carbocycles. The molecular formula is C10H8ClF3N2O4. The summed E-state index contributed by atoms with van der Waals surface area (Å²) in [6.45, 7) is -1.06. The number of halogens is 4. The molecule has 1 aromatic carbocycles. The Bertz CT molecular complexity index is 536. The molecule has 0 saturated carbocycles. The van der Waals surface area contributed by atoms with Gasteiger partial charge < -0.3 is 10.4 Å². The first-order valence-electron chi connectivity index (χ1n) is 5.10. The first kappa shape index (κ1) is 16.2. The minimum Gasteiger partial charge on any atom is -0.382 e. The van der Waals surface area contributed by atoms with E-state index in [0.29, 0.717) is 0 Å². The monoisotopic (exact) mass is 312 g/mol. The number of benzene rings is 1. The highest BCUT2D eigenvalue weighted by atomic mass is 35.5. The summed E-state index contributed by atoms with van der Waals surface area (Å²) in [5.41, 5.74) is -0.786. The normalized spacial score (nSPS) is 12.8. The molecular weight excluding hydrogens is 305 g/mol. The van der Waals surface area contributed by atoms with Crippen LogP contribution in [0.2, 0.25) is 5.02 Å². The van der Waals surface area contributed by atoms with Crippen LogP contribution in [0.25, 0.3) is 0 Å². The van der Waals surface area contributed by atoms with Crippen molar-refractivity contribution in [1.82, 2.24) is 5.32 Å². The van der Waals surface area contributed by atoms with E-state index in [4.69, 9.17) is 16.7 Å². The second kappa shape index (κ2) is 6.06. The van der Waals surface area contributed by atoms with Gasteiger partial charge in [0.2, 0.25) is 0 Å². The Morgan fingerprint density at radius 3 is 2.60 bits per heavy atom. The van der Waals surface area contributed by atoms with Crippen molar-refractivity contribution in [1.29, 1.82) is 0 Å². The summed E-state index contributed by atoms with van der Waals surface area (Å²) in [7, 11) is 0. The number of amides is 1. The lowest BCUT2D eigenvalue weighted by atomic mass is 10.2. The van der Waals surface area contributed by atoms with Crippen LogP contribution in [0.1, 0.15) is 10.4 Å². The fraction of sp³-hybridized carbons (Fsp3) is 0.300. The summed E-state index contributed by atoms with van der Waals surface area (Å²) < 4.78 is 36.1. The van der Waals surface area contributed by atoms with Crippen LogP contribution < -0.4 is 5.32 Å². The average molecular weight is 313 g/mol. The number of aliphatic hydroxyl groups excluding tert-OH is 1. The Labute approximate surface area is 115 Å². The highest BCUT2D eigenvalue weighted by molar-refractivity contribution is 6.32. The molecule has 6 nitrogen and oxygen atoms in total. The predicted octanol–water partition coefficient (Wildman–Crippen LogP) is 1.90. The zero-order valence-corrected chi connectivity index (χ0v) is 10.4. The molecule has 1 unspecified atom stereocenters. The number of carbonyl (C=O) groups excluding carboxylic acids is 1.